The van der Waals surface area contributed by atoms with Crippen LogP contribution in [-0.2, 0) is 0 Å². The van der Waals surface area contributed by atoms with Crippen LogP contribution in [0.1, 0.15) is 49.9 Å². The molecule has 0 fully saturated rings. The van der Waals surface area contributed by atoms with E-state index in [1.807, 2.05) is 37.4 Å². The van der Waals surface area contributed by atoms with Gasteiger partial charge < -0.3 is 25.1 Å². The van der Waals surface area contributed by atoms with Crippen molar-refractivity contribution in [2.75, 3.05) is 43.6 Å². The number of aromatic nitrogens is 2. The molecule has 218 valence electrons. The molecule has 4 heterocycles. The van der Waals surface area contributed by atoms with Gasteiger partial charge in [-0.1, -0.05) is 6.08 Å². The summed E-state index contributed by atoms with van der Waals surface area (Å²) in [6, 6.07) is 12.0. The number of anilines is 2. The molecular formula is C33H38N6O3. The van der Waals surface area contributed by atoms with E-state index in [1.165, 1.54) is 16.7 Å². The number of amides is 2. The number of benzene rings is 2. The molecule has 0 spiro atoms. The van der Waals surface area contributed by atoms with Gasteiger partial charge in [-0.3, -0.25) is 9.89 Å². The van der Waals surface area contributed by atoms with Crippen molar-refractivity contribution in [2.45, 2.75) is 33.1 Å². The number of imidazole rings is 1. The fourth-order valence-corrected chi connectivity index (χ4v) is 5.17. The summed E-state index contributed by atoms with van der Waals surface area (Å²) in [5.41, 5.74) is 8.71. The van der Waals surface area contributed by atoms with Crippen molar-refractivity contribution in [3.05, 3.63) is 83.6 Å². The maximum atomic E-state index is 12.0. The average Bonchev–Trinajstić information content (AvgIpc) is 3.73. The first kappa shape index (κ1) is 28.7. The average molecular weight is 567 g/mol. The third-order valence-corrected chi connectivity index (χ3v) is 7.20. The number of H-pyrrole nitrogens is 1. The topological polar surface area (TPSA) is 104 Å². The highest BCUT2D eigenvalue weighted by molar-refractivity contribution is 5.93. The van der Waals surface area contributed by atoms with Crippen LogP contribution in [0.2, 0.25) is 0 Å². The van der Waals surface area contributed by atoms with Gasteiger partial charge in [0, 0.05) is 68.1 Å². The van der Waals surface area contributed by atoms with Crippen LogP contribution in [0.4, 0.5) is 16.2 Å². The van der Waals surface area contributed by atoms with E-state index >= 15 is 0 Å². The second-order valence-electron chi connectivity index (χ2n) is 9.94. The molecule has 3 aliphatic rings. The number of aliphatic imine (C=N–C) groups is 1. The summed E-state index contributed by atoms with van der Waals surface area (Å²) in [5.74, 6) is 1.82. The number of hydrogen-bond donors (Lipinski definition) is 3. The standard InChI is InChI=1S/C17H20N4O2.C16H18N2O/c1-3-21(17(22)18-2)14-4-5-16-15(9-14)12(6-7-23-16)8-13-10-19-11-20-13;1-2-17-14-5-6-16-15(11-14)12(7-9-19-16)10-13-4-3-8-18-13/h4-5,8-11H,3,6-7H2,1-2H3,(H,18,22)(H,19,20);4-6,8,10-11,17H,2-3,7,9H2,1H3/b12-8+;12-10+. The van der Waals surface area contributed by atoms with Crippen molar-refractivity contribution in [3.8, 4) is 11.5 Å². The van der Waals surface area contributed by atoms with Gasteiger partial charge in [0.2, 0.25) is 0 Å². The molecule has 3 N–H and O–H groups in total. The number of allylic oxidation sites excluding steroid dienone is 2. The molecule has 0 saturated heterocycles. The molecule has 9 heteroatoms. The van der Waals surface area contributed by atoms with Crippen LogP contribution >= 0.6 is 0 Å². The zero-order valence-corrected chi connectivity index (χ0v) is 24.4. The quantitative estimate of drug-likeness (QED) is 0.314. The lowest BCUT2D eigenvalue weighted by molar-refractivity contribution is 0.248. The number of rotatable bonds is 6. The van der Waals surface area contributed by atoms with E-state index in [9.17, 15) is 4.79 Å². The summed E-state index contributed by atoms with van der Waals surface area (Å²) in [5, 5.41) is 6.01. The molecule has 0 aliphatic carbocycles. The van der Waals surface area contributed by atoms with E-state index in [1.54, 1.807) is 24.5 Å². The molecule has 0 bridgehead atoms. The molecule has 3 aliphatic heterocycles. The Morgan fingerprint density at radius 3 is 2.40 bits per heavy atom. The molecule has 0 unspecified atom stereocenters. The van der Waals surface area contributed by atoms with E-state index in [2.05, 4.69) is 62.9 Å². The predicted octanol–water partition coefficient (Wildman–Crippen LogP) is 6.54. The van der Waals surface area contributed by atoms with Gasteiger partial charge in [0.25, 0.3) is 0 Å². The Labute approximate surface area is 247 Å². The van der Waals surface area contributed by atoms with Crippen molar-refractivity contribution in [1.82, 2.24) is 15.3 Å². The number of fused-ring (bicyclic) bond motifs is 2. The van der Waals surface area contributed by atoms with Gasteiger partial charge in [0.05, 0.1) is 37.1 Å². The molecule has 0 radical (unpaired) electrons. The summed E-state index contributed by atoms with van der Waals surface area (Å²) in [4.78, 5) is 25.2. The zero-order valence-electron chi connectivity index (χ0n) is 24.4. The molecular weight excluding hydrogens is 528 g/mol. The van der Waals surface area contributed by atoms with Gasteiger partial charge in [-0.2, -0.15) is 0 Å². The molecule has 1 aromatic heterocycles. The smallest absolute Gasteiger partial charge is 0.321 e. The van der Waals surface area contributed by atoms with Crippen LogP contribution in [0.3, 0.4) is 0 Å². The van der Waals surface area contributed by atoms with Gasteiger partial charge in [0.1, 0.15) is 11.5 Å². The number of nitrogens with zero attached hydrogens (tertiary/aromatic N) is 3. The molecule has 42 heavy (non-hydrogen) atoms. The minimum Gasteiger partial charge on any atom is -0.493 e. The number of carbonyl (C=O) groups is 1. The molecule has 6 rings (SSSR count). The Hall–Kier alpha value is -4.79. The molecule has 9 nitrogen and oxygen atoms in total. The number of carbonyl (C=O) groups excluding carboxylic acids is 1. The summed E-state index contributed by atoms with van der Waals surface area (Å²) in [7, 11) is 1.64. The van der Waals surface area contributed by atoms with Crippen LogP contribution in [0.25, 0.3) is 17.2 Å². The predicted molar refractivity (Wildman–Crippen MR) is 170 cm³/mol. The summed E-state index contributed by atoms with van der Waals surface area (Å²) in [6.45, 7) is 6.97. The second kappa shape index (κ2) is 13.7. The van der Waals surface area contributed by atoms with E-state index in [-0.39, 0.29) is 6.03 Å². The Balaban J connectivity index is 0.000000171. The number of hydrogen-bond acceptors (Lipinski definition) is 6. The summed E-state index contributed by atoms with van der Waals surface area (Å²) < 4.78 is 11.5. The molecule has 2 aromatic carbocycles. The van der Waals surface area contributed by atoms with E-state index in [4.69, 9.17) is 9.47 Å². The molecule has 0 saturated carbocycles. The number of aromatic amines is 1. The highest BCUT2D eigenvalue weighted by Crippen LogP contribution is 2.37. The third kappa shape index (κ3) is 6.74. The minimum absolute atomic E-state index is 0.122. The second-order valence-corrected chi connectivity index (χ2v) is 9.94. The Morgan fingerprint density at radius 1 is 1.02 bits per heavy atom. The van der Waals surface area contributed by atoms with Crippen molar-refractivity contribution >= 4 is 40.8 Å². The first-order valence-corrected chi connectivity index (χ1v) is 14.5. The Kier molecular flexibility index (Phi) is 9.38. The van der Waals surface area contributed by atoms with Crippen LogP contribution in [0.15, 0.2) is 71.8 Å². The summed E-state index contributed by atoms with van der Waals surface area (Å²) in [6.07, 6.45) is 14.5. The SMILES string of the molecule is CCN(C(=O)NC)c1ccc2c(c1)/C(=C/c1cnc[nH]1)CCO2.CCNc1ccc2c(c1)/C(=C/C1=CCC=N1)CCO2. The van der Waals surface area contributed by atoms with E-state index in [0.29, 0.717) is 13.2 Å². The van der Waals surface area contributed by atoms with Crippen molar-refractivity contribution in [1.29, 1.82) is 0 Å². The lowest BCUT2D eigenvalue weighted by Crippen LogP contribution is -2.38. The maximum absolute atomic E-state index is 12.0. The first-order chi connectivity index (χ1) is 20.6. The summed E-state index contributed by atoms with van der Waals surface area (Å²) >= 11 is 0. The van der Waals surface area contributed by atoms with Gasteiger partial charge >= 0.3 is 6.03 Å². The Morgan fingerprint density at radius 2 is 1.76 bits per heavy atom. The lowest BCUT2D eigenvalue weighted by Gasteiger charge is -2.25. The fraction of sp³-hybridized carbons (Fsp3) is 0.303. The van der Waals surface area contributed by atoms with Crippen molar-refractivity contribution in [3.63, 3.8) is 0 Å². The van der Waals surface area contributed by atoms with Gasteiger partial charge in [-0.25, -0.2) is 9.78 Å². The number of urea groups is 1. The van der Waals surface area contributed by atoms with Crippen LogP contribution < -0.4 is 25.0 Å². The lowest BCUT2D eigenvalue weighted by atomic mass is 9.98. The number of nitrogens with one attached hydrogen (secondary N) is 3. The zero-order chi connectivity index (χ0) is 29.3. The van der Waals surface area contributed by atoms with Crippen LogP contribution in [0, 0.1) is 0 Å². The molecule has 0 atom stereocenters. The minimum atomic E-state index is -0.122. The van der Waals surface area contributed by atoms with Crippen LogP contribution in [-0.4, -0.2) is 55.6 Å². The van der Waals surface area contributed by atoms with Crippen molar-refractivity contribution < 1.29 is 14.3 Å². The van der Waals surface area contributed by atoms with Gasteiger partial charge in [-0.15, -0.1) is 0 Å². The molecule has 2 amide bonds. The fourth-order valence-electron chi connectivity index (χ4n) is 5.17. The normalized spacial score (nSPS) is 16.8. The highest BCUT2D eigenvalue weighted by atomic mass is 16.5. The molecule has 3 aromatic rings. The van der Waals surface area contributed by atoms with Crippen LogP contribution in [0.5, 0.6) is 11.5 Å². The van der Waals surface area contributed by atoms with E-state index < -0.39 is 0 Å². The van der Waals surface area contributed by atoms with Gasteiger partial charge in [-0.05, 0) is 73.5 Å². The largest absolute Gasteiger partial charge is 0.493 e. The number of ether oxygens (including phenoxy) is 2. The highest BCUT2D eigenvalue weighted by Gasteiger charge is 2.20. The maximum Gasteiger partial charge on any atom is 0.321 e. The van der Waals surface area contributed by atoms with Gasteiger partial charge in [0.15, 0.2) is 0 Å². The monoisotopic (exact) mass is 566 g/mol. The Bertz CT molecular complexity index is 1520. The van der Waals surface area contributed by atoms with E-state index in [0.717, 1.165) is 72.2 Å². The first-order valence-electron chi connectivity index (χ1n) is 14.5. The third-order valence-electron chi connectivity index (χ3n) is 7.20. The van der Waals surface area contributed by atoms with Crippen molar-refractivity contribution in [2.24, 2.45) is 4.99 Å².